The minimum Gasteiger partial charge on any atom is -0.276 e. The molecule has 90 valence electrons. The maximum atomic E-state index is 4.49. The van der Waals surface area contributed by atoms with Gasteiger partial charge in [-0.05, 0) is 43.6 Å². The van der Waals surface area contributed by atoms with Gasteiger partial charge in [0.1, 0.15) is 0 Å². The van der Waals surface area contributed by atoms with Crippen LogP contribution in [0.5, 0.6) is 0 Å². The Morgan fingerprint density at radius 1 is 1.50 bits per heavy atom. The van der Waals surface area contributed by atoms with Gasteiger partial charge in [-0.25, -0.2) is 0 Å². The van der Waals surface area contributed by atoms with E-state index in [2.05, 4.69) is 34.0 Å². The number of halogens is 1. The van der Waals surface area contributed by atoms with Crippen LogP contribution in [-0.4, -0.2) is 14.6 Å². The van der Waals surface area contributed by atoms with Gasteiger partial charge in [0.2, 0.25) is 0 Å². The van der Waals surface area contributed by atoms with E-state index in [0.29, 0.717) is 4.83 Å². The fourth-order valence-corrected chi connectivity index (χ4v) is 3.41. The summed E-state index contributed by atoms with van der Waals surface area (Å²) in [5.41, 5.74) is 1.24. The van der Waals surface area contributed by atoms with Crippen molar-refractivity contribution in [3.05, 3.63) is 18.0 Å². The van der Waals surface area contributed by atoms with Gasteiger partial charge in [-0.1, -0.05) is 29.3 Å². The number of hydrogen-bond donors (Lipinski definition) is 0. The molecule has 0 aromatic carbocycles. The highest BCUT2D eigenvalue weighted by atomic mass is 79.9. The first-order valence-corrected chi connectivity index (χ1v) is 7.23. The van der Waals surface area contributed by atoms with Crippen molar-refractivity contribution in [1.82, 2.24) is 9.78 Å². The summed E-state index contributed by atoms with van der Waals surface area (Å²) in [6.07, 6.45) is 8.59. The Hall–Kier alpha value is -0.310. The lowest BCUT2D eigenvalue weighted by atomic mass is 9.78. The van der Waals surface area contributed by atoms with Gasteiger partial charge in [0.25, 0.3) is 0 Å². The third-order valence-corrected chi connectivity index (χ3v) is 5.02. The predicted molar refractivity (Wildman–Crippen MR) is 70.7 cm³/mol. The maximum absolute atomic E-state index is 4.49. The molecule has 0 saturated heterocycles. The smallest absolute Gasteiger partial charge is 0.0627 e. The van der Waals surface area contributed by atoms with Crippen molar-refractivity contribution in [2.75, 3.05) is 0 Å². The average molecular weight is 285 g/mol. The molecule has 0 N–H and O–H groups in total. The molecule has 0 aliphatic heterocycles. The van der Waals surface area contributed by atoms with Crippen LogP contribution >= 0.6 is 15.9 Å². The van der Waals surface area contributed by atoms with Gasteiger partial charge in [-0.3, -0.25) is 4.68 Å². The first-order valence-electron chi connectivity index (χ1n) is 6.31. The standard InChI is InChI=1S/C13H21BrN2/c1-3-10-4-5-13(14)11(8-10)9-12-6-7-16(2)15-12/h6-7,10-11,13H,3-5,8-9H2,1-2H3. The fourth-order valence-electron chi connectivity index (χ4n) is 2.75. The molecule has 0 amide bonds. The van der Waals surface area contributed by atoms with E-state index in [1.165, 1.54) is 31.4 Å². The van der Waals surface area contributed by atoms with Crippen LogP contribution in [-0.2, 0) is 13.5 Å². The molecule has 3 unspecified atom stereocenters. The SMILES string of the molecule is CCC1CCC(Br)C(Cc2ccn(C)n2)C1. The van der Waals surface area contributed by atoms with E-state index < -0.39 is 0 Å². The molecule has 1 aromatic rings. The second kappa shape index (κ2) is 5.35. The van der Waals surface area contributed by atoms with E-state index in [1.54, 1.807) is 0 Å². The molecule has 0 spiro atoms. The first kappa shape index (κ1) is 12.2. The lowest BCUT2D eigenvalue weighted by Crippen LogP contribution is -2.26. The molecule has 1 aliphatic carbocycles. The van der Waals surface area contributed by atoms with Crippen LogP contribution in [0.25, 0.3) is 0 Å². The number of hydrogen-bond acceptors (Lipinski definition) is 1. The quantitative estimate of drug-likeness (QED) is 0.777. The Kier molecular flexibility index (Phi) is 4.06. The molecule has 1 fully saturated rings. The van der Waals surface area contributed by atoms with Gasteiger partial charge in [0, 0.05) is 18.1 Å². The summed E-state index contributed by atoms with van der Waals surface area (Å²) in [6.45, 7) is 2.32. The van der Waals surface area contributed by atoms with Gasteiger partial charge in [-0.15, -0.1) is 0 Å². The van der Waals surface area contributed by atoms with Crippen LogP contribution in [0.3, 0.4) is 0 Å². The fraction of sp³-hybridized carbons (Fsp3) is 0.769. The largest absolute Gasteiger partial charge is 0.276 e. The highest BCUT2D eigenvalue weighted by Gasteiger charge is 2.28. The van der Waals surface area contributed by atoms with E-state index in [9.17, 15) is 0 Å². The third-order valence-electron chi connectivity index (χ3n) is 3.82. The highest BCUT2D eigenvalue weighted by Crippen LogP contribution is 2.36. The van der Waals surface area contributed by atoms with Crippen molar-refractivity contribution in [1.29, 1.82) is 0 Å². The van der Waals surface area contributed by atoms with Gasteiger partial charge in [-0.2, -0.15) is 5.10 Å². The molecular formula is C13H21BrN2. The molecule has 1 aliphatic rings. The molecule has 16 heavy (non-hydrogen) atoms. The van der Waals surface area contributed by atoms with Gasteiger partial charge >= 0.3 is 0 Å². The Balaban J connectivity index is 1.96. The molecule has 0 bridgehead atoms. The Bertz CT molecular complexity index is 334. The molecule has 1 heterocycles. The minimum atomic E-state index is 0.692. The van der Waals surface area contributed by atoms with Crippen LogP contribution in [0.1, 0.15) is 38.3 Å². The molecular weight excluding hydrogens is 264 g/mol. The van der Waals surface area contributed by atoms with Crippen LogP contribution in [0.4, 0.5) is 0 Å². The van der Waals surface area contributed by atoms with Crippen molar-refractivity contribution in [2.24, 2.45) is 18.9 Å². The summed E-state index contributed by atoms with van der Waals surface area (Å²) in [7, 11) is 1.99. The van der Waals surface area contributed by atoms with Crippen molar-refractivity contribution in [3.8, 4) is 0 Å². The second-order valence-electron chi connectivity index (χ2n) is 5.05. The van der Waals surface area contributed by atoms with Crippen molar-refractivity contribution in [3.63, 3.8) is 0 Å². The van der Waals surface area contributed by atoms with Crippen LogP contribution in [0.2, 0.25) is 0 Å². The molecule has 3 heteroatoms. The summed E-state index contributed by atoms with van der Waals surface area (Å²) in [5.74, 6) is 1.70. The molecule has 3 atom stereocenters. The second-order valence-corrected chi connectivity index (χ2v) is 6.22. The topological polar surface area (TPSA) is 17.8 Å². The highest BCUT2D eigenvalue weighted by molar-refractivity contribution is 9.09. The van der Waals surface area contributed by atoms with Crippen LogP contribution < -0.4 is 0 Å². The summed E-state index contributed by atoms with van der Waals surface area (Å²) < 4.78 is 1.90. The van der Waals surface area contributed by atoms with E-state index >= 15 is 0 Å². The summed E-state index contributed by atoms with van der Waals surface area (Å²) in [4.78, 5) is 0.692. The molecule has 1 saturated carbocycles. The molecule has 2 nitrogen and oxygen atoms in total. The zero-order valence-electron chi connectivity index (χ0n) is 10.2. The maximum Gasteiger partial charge on any atom is 0.0627 e. The number of nitrogens with zero attached hydrogens (tertiary/aromatic N) is 2. The zero-order chi connectivity index (χ0) is 11.5. The number of alkyl halides is 1. The Morgan fingerprint density at radius 3 is 2.94 bits per heavy atom. The van der Waals surface area contributed by atoms with Crippen LogP contribution in [0.15, 0.2) is 12.3 Å². The zero-order valence-corrected chi connectivity index (χ0v) is 11.8. The summed E-state index contributed by atoms with van der Waals surface area (Å²) in [6, 6.07) is 2.15. The number of rotatable bonds is 3. The number of aromatic nitrogens is 2. The van der Waals surface area contributed by atoms with E-state index in [1.807, 2.05) is 17.9 Å². The minimum absolute atomic E-state index is 0.692. The van der Waals surface area contributed by atoms with Gasteiger partial charge < -0.3 is 0 Å². The van der Waals surface area contributed by atoms with Gasteiger partial charge in [0.15, 0.2) is 0 Å². The Labute approximate surface area is 107 Å². The lowest BCUT2D eigenvalue weighted by molar-refractivity contribution is 0.269. The van der Waals surface area contributed by atoms with E-state index in [4.69, 9.17) is 0 Å². The van der Waals surface area contributed by atoms with E-state index in [-0.39, 0.29) is 0 Å². The molecule has 1 aromatic heterocycles. The summed E-state index contributed by atoms with van der Waals surface area (Å²) >= 11 is 3.84. The normalized spacial score (nSPS) is 30.6. The number of aryl methyl sites for hydroxylation is 1. The van der Waals surface area contributed by atoms with Crippen molar-refractivity contribution >= 4 is 15.9 Å². The predicted octanol–water partition coefficient (Wildman–Crippen LogP) is 3.55. The third kappa shape index (κ3) is 2.88. The summed E-state index contributed by atoms with van der Waals surface area (Å²) in [5, 5.41) is 4.49. The Morgan fingerprint density at radius 2 is 2.31 bits per heavy atom. The van der Waals surface area contributed by atoms with Crippen LogP contribution in [0, 0.1) is 11.8 Å². The monoisotopic (exact) mass is 284 g/mol. The van der Waals surface area contributed by atoms with E-state index in [0.717, 1.165) is 18.3 Å². The van der Waals surface area contributed by atoms with Gasteiger partial charge in [0.05, 0.1) is 5.69 Å². The average Bonchev–Trinajstić information content (AvgIpc) is 2.67. The molecule has 0 radical (unpaired) electrons. The van der Waals surface area contributed by atoms with Crippen molar-refractivity contribution in [2.45, 2.75) is 43.9 Å². The van der Waals surface area contributed by atoms with Crippen molar-refractivity contribution < 1.29 is 0 Å². The first-order chi connectivity index (χ1) is 7.69. The lowest BCUT2D eigenvalue weighted by Gasteiger charge is -2.32. The molecule has 2 rings (SSSR count).